The first-order chi connectivity index (χ1) is 11.6. The van der Waals surface area contributed by atoms with Crippen LogP contribution in [0.4, 0.5) is 4.79 Å². The summed E-state index contributed by atoms with van der Waals surface area (Å²) in [6, 6.07) is 4.00. The molecule has 0 heterocycles. The second-order valence-corrected chi connectivity index (χ2v) is 7.22. The SMILES string of the molecule is CCNS(=O)(=O)c1ccc(C(=O)OC(C(=O)NC(N)=O)C(C)C)cc1. The zero-order chi connectivity index (χ0) is 19.2. The molecule has 10 heteroatoms. The van der Waals surface area contributed by atoms with Crippen molar-refractivity contribution in [1.82, 2.24) is 10.0 Å². The van der Waals surface area contributed by atoms with Gasteiger partial charge in [-0.15, -0.1) is 0 Å². The summed E-state index contributed by atoms with van der Waals surface area (Å²) in [4.78, 5) is 34.8. The van der Waals surface area contributed by atoms with E-state index in [0.29, 0.717) is 0 Å². The number of esters is 1. The van der Waals surface area contributed by atoms with Gasteiger partial charge in [0.1, 0.15) is 0 Å². The Morgan fingerprint density at radius 1 is 1.16 bits per heavy atom. The van der Waals surface area contributed by atoms with Crippen molar-refractivity contribution in [3.8, 4) is 0 Å². The average Bonchev–Trinajstić information content (AvgIpc) is 2.51. The van der Waals surface area contributed by atoms with E-state index < -0.39 is 40.0 Å². The number of amides is 3. The number of urea groups is 1. The van der Waals surface area contributed by atoms with Crippen molar-refractivity contribution in [3.63, 3.8) is 0 Å². The van der Waals surface area contributed by atoms with Gasteiger partial charge in [0.25, 0.3) is 5.91 Å². The molecule has 0 aliphatic heterocycles. The standard InChI is InChI=1S/C15H21N3O6S/c1-4-17-25(22,23)11-7-5-10(6-8-11)14(20)24-12(9(2)3)13(19)18-15(16)21/h5-9,12,17H,4H2,1-3H3,(H3,16,18,19,21). The number of hydrogen-bond acceptors (Lipinski definition) is 6. The smallest absolute Gasteiger partial charge is 0.338 e. The molecule has 0 aliphatic rings. The van der Waals surface area contributed by atoms with Crippen molar-refractivity contribution in [2.45, 2.75) is 31.8 Å². The molecule has 1 aromatic carbocycles. The third kappa shape index (κ3) is 5.84. The molecule has 0 fully saturated rings. The van der Waals surface area contributed by atoms with Gasteiger partial charge in [-0.25, -0.2) is 22.7 Å². The summed E-state index contributed by atoms with van der Waals surface area (Å²) in [6.07, 6.45) is -1.22. The number of nitrogens with one attached hydrogen (secondary N) is 2. The van der Waals surface area contributed by atoms with Crippen LogP contribution < -0.4 is 15.8 Å². The molecule has 0 saturated heterocycles. The maximum absolute atomic E-state index is 12.2. The predicted molar refractivity (Wildman–Crippen MR) is 89.1 cm³/mol. The van der Waals surface area contributed by atoms with Gasteiger partial charge in [0.15, 0.2) is 6.10 Å². The molecule has 0 radical (unpaired) electrons. The van der Waals surface area contributed by atoms with Crippen molar-refractivity contribution in [1.29, 1.82) is 0 Å². The highest BCUT2D eigenvalue weighted by molar-refractivity contribution is 7.89. The number of rotatable bonds is 7. The quantitative estimate of drug-likeness (QED) is 0.590. The minimum absolute atomic E-state index is 0.00205. The number of carbonyl (C=O) groups is 3. The van der Waals surface area contributed by atoms with Gasteiger partial charge in [-0.3, -0.25) is 10.1 Å². The van der Waals surface area contributed by atoms with Crippen LogP contribution in [0.2, 0.25) is 0 Å². The first kappa shape index (κ1) is 20.6. The monoisotopic (exact) mass is 371 g/mol. The van der Waals surface area contributed by atoms with Gasteiger partial charge >= 0.3 is 12.0 Å². The van der Waals surface area contributed by atoms with Crippen molar-refractivity contribution < 1.29 is 27.5 Å². The Morgan fingerprint density at radius 3 is 2.16 bits per heavy atom. The van der Waals surface area contributed by atoms with Gasteiger partial charge in [0.05, 0.1) is 10.5 Å². The number of sulfonamides is 1. The molecule has 3 amide bonds. The van der Waals surface area contributed by atoms with Crippen LogP contribution in [0, 0.1) is 5.92 Å². The molecule has 1 atom stereocenters. The highest BCUT2D eigenvalue weighted by Crippen LogP contribution is 2.14. The zero-order valence-corrected chi connectivity index (χ0v) is 14.9. The fourth-order valence-corrected chi connectivity index (χ4v) is 2.95. The van der Waals surface area contributed by atoms with Crippen LogP contribution >= 0.6 is 0 Å². The fourth-order valence-electron chi connectivity index (χ4n) is 1.91. The van der Waals surface area contributed by atoms with Gasteiger partial charge in [-0.05, 0) is 30.2 Å². The Labute approximate surface area is 146 Å². The van der Waals surface area contributed by atoms with E-state index in [2.05, 4.69) is 4.72 Å². The van der Waals surface area contributed by atoms with Gasteiger partial charge in [0.2, 0.25) is 10.0 Å². The van der Waals surface area contributed by atoms with Crippen molar-refractivity contribution in [2.24, 2.45) is 11.7 Å². The molecule has 0 bridgehead atoms. The number of imide groups is 1. The molecule has 9 nitrogen and oxygen atoms in total. The number of ether oxygens (including phenoxy) is 1. The molecular weight excluding hydrogens is 350 g/mol. The Morgan fingerprint density at radius 2 is 1.72 bits per heavy atom. The minimum Gasteiger partial charge on any atom is -0.448 e. The Bertz CT molecular complexity index is 743. The first-order valence-electron chi connectivity index (χ1n) is 7.49. The van der Waals surface area contributed by atoms with E-state index >= 15 is 0 Å². The zero-order valence-electron chi connectivity index (χ0n) is 14.1. The van der Waals surface area contributed by atoms with Gasteiger partial charge in [0, 0.05) is 6.54 Å². The molecule has 138 valence electrons. The van der Waals surface area contributed by atoms with E-state index in [-0.39, 0.29) is 17.0 Å². The summed E-state index contributed by atoms with van der Waals surface area (Å²) < 4.78 is 31.1. The minimum atomic E-state index is -3.63. The van der Waals surface area contributed by atoms with Crippen LogP contribution in [-0.2, 0) is 19.6 Å². The van der Waals surface area contributed by atoms with Gasteiger partial charge in [-0.1, -0.05) is 20.8 Å². The molecule has 1 aromatic rings. The van der Waals surface area contributed by atoms with Crippen LogP contribution in [0.25, 0.3) is 0 Å². The molecular formula is C15H21N3O6S. The van der Waals surface area contributed by atoms with Crippen molar-refractivity contribution >= 4 is 27.9 Å². The summed E-state index contributed by atoms with van der Waals surface area (Å²) in [6.45, 7) is 5.14. The lowest BCUT2D eigenvalue weighted by Crippen LogP contribution is -2.45. The second kappa shape index (κ2) is 8.58. The second-order valence-electron chi connectivity index (χ2n) is 5.45. The summed E-state index contributed by atoms with van der Waals surface area (Å²) in [5.74, 6) is -2.07. The summed E-state index contributed by atoms with van der Waals surface area (Å²) in [5.41, 5.74) is 4.94. The molecule has 25 heavy (non-hydrogen) atoms. The molecule has 1 unspecified atom stereocenters. The summed E-state index contributed by atoms with van der Waals surface area (Å²) in [7, 11) is -3.63. The van der Waals surface area contributed by atoms with E-state index in [0.717, 1.165) is 0 Å². The number of nitrogens with two attached hydrogens (primary N) is 1. The predicted octanol–water partition coefficient (Wildman–Crippen LogP) is 0.361. The molecule has 1 rings (SSSR count). The van der Waals surface area contributed by atoms with E-state index in [1.165, 1.54) is 24.3 Å². The first-order valence-corrected chi connectivity index (χ1v) is 8.97. The Hall–Kier alpha value is -2.46. The topological polar surface area (TPSA) is 145 Å². The Balaban J connectivity index is 2.92. The molecule has 0 aliphatic carbocycles. The maximum Gasteiger partial charge on any atom is 0.338 e. The molecule has 0 aromatic heterocycles. The van der Waals surface area contributed by atoms with Crippen molar-refractivity contribution in [2.75, 3.05) is 6.54 Å². The summed E-state index contributed by atoms with van der Waals surface area (Å²) in [5, 5.41) is 1.86. The van der Waals surface area contributed by atoms with Crippen LogP contribution in [0.3, 0.4) is 0 Å². The maximum atomic E-state index is 12.2. The van der Waals surface area contributed by atoms with Crippen molar-refractivity contribution in [3.05, 3.63) is 29.8 Å². The van der Waals surface area contributed by atoms with Crippen LogP contribution in [0.15, 0.2) is 29.2 Å². The van der Waals surface area contributed by atoms with E-state index in [4.69, 9.17) is 10.5 Å². The Kier molecular flexibility index (Phi) is 7.07. The highest BCUT2D eigenvalue weighted by Gasteiger charge is 2.28. The largest absolute Gasteiger partial charge is 0.448 e. The molecule has 0 spiro atoms. The molecule has 0 saturated carbocycles. The third-order valence-corrected chi connectivity index (χ3v) is 4.64. The summed E-state index contributed by atoms with van der Waals surface area (Å²) >= 11 is 0. The molecule has 4 N–H and O–H groups in total. The fraction of sp³-hybridized carbons (Fsp3) is 0.400. The van der Waals surface area contributed by atoms with Crippen LogP contribution in [0.1, 0.15) is 31.1 Å². The number of primary amides is 1. The van der Waals surface area contributed by atoms with Crippen LogP contribution in [-0.4, -0.2) is 39.0 Å². The third-order valence-electron chi connectivity index (χ3n) is 3.08. The number of carbonyl (C=O) groups excluding carboxylic acids is 3. The lowest BCUT2D eigenvalue weighted by molar-refractivity contribution is -0.130. The normalized spacial score (nSPS) is 12.5. The van der Waals surface area contributed by atoms with Gasteiger partial charge < -0.3 is 10.5 Å². The van der Waals surface area contributed by atoms with Crippen LogP contribution in [0.5, 0.6) is 0 Å². The van der Waals surface area contributed by atoms with E-state index in [1.807, 2.05) is 5.32 Å². The van der Waals surface area contributed by atoms with E-state index in [1.54, 1.807) is 20.8 Å². The number of hydrogen-bond donors (Lipinski definition) is 3. The number of benzene rings is 1. The lowest BCUT2D eigenvalue weighted by atomic mass is 10.1. The van der Waals surface area contributed by atoms with Gasteiger partial charge in [-0.2, -0.15) is 0 Å². The average molecular weight is 371 g/mol. The lowest BCUT2D eigenvalue weighted by Gasteiger charge is -2.19. The van der Waals surface area contributed by atoms with E-state index in [9.17, 15) is 22.8 Å². The highest BCUT2D eigenvalue weighted by atomic mass is 32.2.